The molecule has 1 unspecified atom stereocenters. The van der Waals surface area contributed by atoms with E-state index in [1.807, 2.05) is 0 Å². The Morgan fingerprint density at radius 2 is 2.15 bits per heavy atom. The first-order chi connectivity index (χ1) is 12.6. The quantitative estimate of drug-likeness (QED) is 0.537. The fourth-order valence-corrected chi connectivity index (χ4v) is 5.41. The number of phosphoric acid groups is 1. The minimum absolute atomic E-state index is 0.0404. The van der Waals surface area contributed by atoms with E-state index < -0.39 is 30.6 Å². The summed E-state index contributed by atoms with van der Waals surface area (Å²) in [5.41, 5.74) is 12.1. The maximum absolute atomic E-state index is 12.7. The minimum Gasteiger partial charge on any atom is -0.382 e. The third-order valence-electron chi connectivity index (χ3n) is 4.05. The average Bonchev–Trinajstić information content (AvgIpc) is 3.05. The number of rotatable bonds is 3. The van der Waals surface area contributed by atoms with Gasteiger partial charge in [-0.05, 0) is 13.8 Å². The number of aromatic nitrogens is 4. The van der Waals surface area contributed by atoms with Gasteiger partial charge in [-0.1, -0.05) is 23.2 Å². The van der Waals surface area contributed by atoms with Crippen LogP contribution in [-0.4, -0.2) is 48.8 Å². The summed E-state index contributed by atoms with van der Waals surface area (Å²) in [7, 11) is -3.83. The van der Waals surface area contributed by atoms with Crippen molar-refractivity contribution in [3.05, 3.63) is 6.33 Å². The van der Waals surface area contributed by atoms with Crippen LogP contribution in [-0.2, 0) is 22.9 Å². The van der Waals surface area contributed by atoms with Crippen molar-refractivity contribution in [2.45, 2.75) is 42.7 Å². The van der Waals surface area contributed by atoms with Gasteiger partial charge in [0.2, 0.25) is 5.95 Å². The van der Waals surface area contributed by atoms with Crippen LogP contribution in [0.2, 0.25) is 0 Å². The standard InChI is InChI=1S/C13H17Cl2N6O5P/c1-5(2)25-27(22)23-3-6-8(26-27)13(14,15)11(24-6)21-4-18-7-9(16)19-12(17)20-10(7)21/h4-6,8,11H,3H2,1-2H3,(H4,16,17,19,20)/t6-,8-,11-,27?/m1/s1. The summed E-state index contributed by atoms with van der Waals surface area (Å²) in [4.78, 5) is 12.2. The van der Waals surface area contributed by atoms with Crippen LogP contribution in [0.1, 0.15) is 20.1 Å². The molecule has 148 valence electrons. The van der Waals surface area contributed by atoms with Gasteiger partial charge >= 0.3 is 7.82 Å². The van der Waals surface area contributed by atoms with Crippen LogP contribution in [0.25, 0.3) is 11.2 Å². The highest BCUT2D eigenvalue weighted by atomic mass is 35.5. The number of hydrogen-bond acceptors (Lipinski definition) is 10. The van der Waals surface area contributed by atoms with Crippen molar-refractivity contribution in [2.75, 3.05) is 18.1 Å². The summed E-state index contributed by atoms with van der Waals surface area (Å²) in [5, 5.41) is 0. The number of halogens is 2. The monoisotopic (exact) mass is 438 g/mol. The highest BCUT2D eigenvalue weighted by Crippen LogP contribution is 2.61. The Balaban J connectivity index is 1.70. The molecule has 0 aliphatic carbocycles. The van der Waals surface area contributed by atoms with Crippen LogP contribution >= 0.6 is 31.0 Å². The zero-order valence-electron chi connectivity index (χ0n) is 14.3. The molecule has 2 fully saturated rings. The van der Waals surface area contributed by atoms with Crippen molar-refractivity contribution in [3.8, 4) is 0 Å². The van der Waals surface area contributed by atoms with Gasteiger partial charge in [0.15, 0.2) is 22.0 Å². The second kappa shape index (κ2) is 6.41. The minimum atomic E-state index is -3.83. The number of anilines is 2. The molecule has 27 heavy (non-hydrogen) atoms. The lowest BCUT2D eigenvalue weighted by atomic mass is 10.2. The van der Waals surface area contributed by atoms with Crippen LogP contribution in [0.15, 0.2) is 6.33 Å². The largest absolute Gasteiger partial charge is 0.475 e. The maximum atomic E-state index is 12.7. The number of imidazole rings is 1. The Bertz CT molecular complexity index is 939. The van der Waals surface area contributed by atoms with Gasteiger partial charge in [-0.25, -0.2) is 9.55 Å². The SMILES string of the molecule is CC(C)OP1(=O)OC[C@H]2O[C@@H](n3cnc4c(N)nc(N)nc43)C(Cl)(Cl)[C@@H]2O1. The molecule has 0 bridgehead atoms. The van der Waals surface area contributed by atoms with E-state index in [1.165, 1.54) is 10.9 Å². The first-order valence-electron chi connectivity index (χ1n) is 8.01. The van der Waals surface area contributed by atoms with Gasteiger partial charge in [0.05, 0.1) is 19.0 Å². The normalized spacial score (nSPS) is 32.9. The van der Waals surface area contributed by atoms with Gasteiger partial charge in [0, 0.05) is 0 Å². The van der Waals surface area contributed by atoms with Gasteiger partial charge < -0.3 is 16.2 Å². The zero-order chi connectivity index (χ0) is 19.6. The molecule has 2 aliphatic rings. The molecular formula is C13H17Cl2N6O5P. The Morgan fingerprint density at radius 3 is 2.85 bits per heavy atom. The summed E-state index contributed by atoms with van der Waals surface area (Å²) in [6.07, 6.45) is -1.62. The van der Waals surface area contributed by atoms with Crippen LogP contribution in [0, 0.1) is 0 Å². The lowest BCUT2D eigenvalue weighted by Gasteiger charge is -2.33. The van der Waals surface area contributed by atoms with E-state index in [4.69, 9.17) is 53.0 Å². The van der Waals surface area contributed by atoms with Crippen LogP contribution in [0.4, 0.5) is 11.8 Å². The number of nitrogen functional groups attached to an aromatic ring is 2. The molecule has 4 rings (SSSR count). The fourth-order valence-electron chi connectivity index (χ4n) is 3.01. The Kier molecular flexibility index (Phi) is 4.54. The van der Waals surface area contributed by atoms with Crippen LogP contribution in [0.5, 0.6) is 0 Å². The first kappa shape index (κ1) is 19.1. The smallest absolute Gasteiger partial charge is 0.382 e. The molecule has 4 N–H and O–H groups in total. The van der Waals surface area contributed by atoms with Gasteiger partial charge in [-0.2, -0.15) is 9.97 Å². The third-order valence-corrected chi connectivity index (χ3v) is 6.48. The highest BCUT2D eigenvalue weighted by Gasteiger charge is 2.62. The highest BCUT2D eigenvalue weighted by molar-refractivity contribution is 7.48. The molecule has 14 heteroatoms. The second-order valence-electron chi connectivity index (χ2n) is 6.42. The molecule has 0 amide bonds. The molecule has 0 spiro atoms. The molecule has 0 saturated carbocycles. The molecule has 2 aromatic heterocycles. The van der Waals surface area contributed by atoms with Crippen molar-refractivity contribution < 1.29 is 22.9 Å². The fraction of sp³-hybridized carbons (Fsp3) is 0.615. The van der Waals surface area contributed by atoms with Gasteiger partial charge in [0.1, 0.15) is 17.7 Å². The number of phosphoric ester groups is 1. The third kappa shape index (κ3) is 3.17. The van der Waals surface area contributed by atoms with Crippen molar-refractivity contribution in [1.29, 1.82) is 0 Å². The molecule has 2 aliphatic heterocycles. The molecule has 4 heterocycles. The van der Waals surface area contributed by atoms with Gasteiger partial charge in [-0.15, -0.1) is 0 Å². The number of nitrogens with two attached hydrogens (primary N) is 2. The van der Waals surface area contributed by atoms with E-state index in [0.717, 1.165) is 0 Å². The van der Waals surface area contributed by atoms with E-state index in [-0.39, 0.29) is 30.1 Å². The topological polar surface area (TPSA) is 150 Å². The number of alkyl halides is 2. The lowest BCUT2D eigenvalue weighted by molar-refractivity contribution is -0.0733. The molecule has 2 saturated heterocycles. The van der Waals surface area contributed by atoms with Crippen LogP contribution in [0.3, 0.4) is 0 Å². The second-order valence-corrected chi connectivity index (χ2v) is 9.43. The summed E-state index contributed by atoms with van der Waals surface area (Å²) in [5.74, 6) is 0.0668. The van der Waals surface area contributed by atoms with Crippen molar-refractivity contribution in [1.82, 2.24) is 19.5 Å². The van der Waals surface area contributed by atoms with Crippen molar-refractivity contribution >= 4 is 54.0 Å². The van der Waals surface area contributed by atoms with Crippen LogP contribution < -0.4 is 11.5 Å². The summed E-state index contributed by atoms with van der Waals surface area (Å²) in [6, 6.07) is 0. The summed E-state index contributed by atoms with van der Waals surface area (Å²) < 4.78 is 34.4. The Labute approximate surface area is 163 Å². The Morgan fingerprint density at radius 1 is 1.41 bits per heavy atom. The van der Waals surface area contributed by atoms with Gasteiger partial charge in [-0.3, -0.25) is 18.1 Å². The van der Waals surface area contributed by atoms with E-state index in [2.05, 4.69) is 15.0 Å². The predicted molar refractivity (Wildman–Crippen MR) is 97.1 cm³/mol. The van der Waals surface area contributed by atoms with E-state index in [1.54, 1.807) is 13.8 Å². The number of hydrogen-bond donors (Lipinski definition) is 2. The molecule has 0 radical (unpaired) electrons. The number of nitrogens with zero attached hydrogens (tertiary/aromatic N) is 4. The van der Waals surface area contributed by atoms with Gasteiger partial charge in [0.25, 0.3) is 0 Å². The number of ether oxygens (including phenoxy) is 1. The van der Waals surface area contributed by atoms with E-state index in [9.17, 15) is 4.57 Å². The first-order valence-corrected chi connectivity index (χ1v) is 10.2. The average molecular weight is 439 g/mol. The summed E-state index contributed by atoms with van der Waals surface area (Å²) >= 11 is 13.1. The Hall–Kier alpha value is -1.20. The van der Waals surface area contributed by atoms with E-state index >= 15 is 0 Å². The molecule has 11 nitrogen and oxygen atoms in total. The zero-order valence-corrected chi connectivity index (χ0v) is 16.7. The molecule has 2 aromatic rings. The number of fused-ring (bicyclic) bond motifs is 2. The molecule has 4 atom stereocenters. The van der Waals surface area contributed by atoms with Crippen molar-refractivity contribution in [2.24, 2.45) is 0 Å². The maximum Gasteiger partial charge on any atom is 0.475 e. The summed E-state index contributed by atoms with van der Waals surface area (Å²) in [6.45, 7) is 3.33. The molecular weight excluding hydrogens is 422 g/mol. The van der Waals surface area contributed by atoms with Crippen molar-refractivity contribution in [3.63, 3.8) is 0 Å². The predicted octanol–water partition coefficient (Wildman–Crippen LogP) is 2.01. The lowest BCUT2D eigenvalue weighted by Crippen LogP contribution is -2.42. The van der Waals surface area contributed by atoms with E-state index in [0.29, 0.717) is 5.52 Å². The molecule has 0 aromatic carbocycles.